The minimum atomic E-state index is -0.740. The first kappa shape index (κ1) is 17.2. The topological polar surface area (TPSA) is 67.6 Å². The Labute approximate surface area is 153 Å². The molecule has 1 amide bonds. The lowest BCUT2D eigenvalue weighted by molar-refractivity contribution is -0.139. The van der Waals surface area contributed by atoms with Crippen LogP contribution in [0, 0.1) is 5.92 Å². The van der Waals surface area contributed by atoms with Crippen LogP contribution in [0.25, 0.3) is 0 Å². The molecule has 2 aliphatic heterocycles. The molecule has 1 N–H and O–H groups in total. The first-order valence-electron chi connectivity index (χ1n) is 9.38. The van der Waals surface area contributed by atoms with Crippen molar-refractivity contribution < 1.29 is 14.6 Å². The van der Waals surface area contributed by atoms with E-state index in [4.69, 9.17) is 4.74 Å². The second-order valence-corrected chi connectivity index (χ2v) is 7.10. The van der Waals surface area contributed by atoms with Gasteiger partial charge in [0.15, 0.2) is 0 Å². The molecule has 26 heavy (non-hydrogen) atoms. The van der Waals surface area contributed by atoms with Crippen LogP contribution in [-0.2, 0) is 22.6 Å². The van der Waals surface area contributed by atoms with Crippen molar-refractivity contribution in [2.75, 3.05) is 19.8 Å². The molecule has 0 radical (unpaired) electrons. The minimum Gasteiger partial charge on any atom is -0.382 e. The Morgan fingerprint density at radius 3 is 2.73 bits per heavy atom. The van der Waals surface area contributed by atoms with Crippen molar-refractivity contribution in [3.63, 3.8) is 0 Å². The van der Waals surface area contributed by atoms with Gasteiger partial charge in [-0.25, -0.2) is 0 Å². The van der Waals surface area contributed by atoms with Crippen LogP contribution >= 0.6 is 0 Å². The van der Waals surface area contributed by atoms with Crippen LogP contribution in [0.4, 0.5) is 0 Å². The molecule has 1 atom stereocenters. The van der Waals surface area contributed by atoms with Gasteiger partial charge in [0.2, 0.25) is 5.91 Å². The zero-order valence-corrected chi connectivity index (χ0v) is 14.9. The van der Waals surface area contributed by atoms with E-state index in [0.29, 0.717) is 25.5 Å². The zero-order chi connectivity index (χ0) is 17.9. The number of aryl methyl sites for hydroxylation is 1. The fourth-order valence-corrected chi connectivity index (χ4v) is 3.82. The number of rotatable bonds is 3. The highest BCUT2D eigenvalue weighted by atomic mass is 16.5. The van der Waals surface area contributed by atoms with Crippen molar-refractivity contribution in [3.8, 4) is 0 Å². The van der Waals surface area contributed by atoms with Gasteiger partial charge in [-0.3, -0.25) is 9.48 Å². The highest BCUT2D eigenvalue weighted by Gasteiger charge is 2.29. The van der Waals surface area contributed by atoms with Crippen LogP contribution < -0.4 is 0 Å². The van der Waals surface area contributed by atoms with Crippen molar-refractivity contribution in [2.24, 2.45) is 5.92 Å². The van der Waals surface area contributed by atoms with Gasteiger partial charge in [0, 0.05) is 32.2 Å². The summed E-state index contributed by atoms with van der Waals surface area (Å²) in [6.45, 7) is 3.44. The number of hydrogen-bond donors (Lipinski definition) is 1. The lowest BCUT2D eigenvalue weighted by atomic mass is 9.98. The summed E-state index contributed by atoms with van der Waals surface area (Å²) in [5, 5.41) is 15.2. The molecule has 0 spiro atoms. The molecular formula is C20H25N3O3. The van der Waals surface area contributed by atoms with Gasteiger partial charge in [0.1, 0.15) is 6.10 Å². The van der Waals surface area contributed by atoms with Gasteiger partial charge in [-0.2, -0.15) is 5.10 Å². The fraction of sp³-hybridized carbons (Fsp3) is 0.500. The van der Waals surface area contributed by atoms with E-state index in [1.54, 1.807) is 0 Å². The van der Waals surface area contributed by atoms with Crippen molar-refractivity contribution in [1.29, 1.82) is 0 Å². The third-order valence-electron chi connectivity index (χ3n) is 5.31. The quantitative estimate of drug-likeness (QED) is 0.916. The zero-order valence-electron chi connectivity index (χ0n) is 14.9. The summed E-state index contributed by atoms with van der Waals surface area (Å²) >= 11 is 0. The van der Waals surface area contributed by atoms with Gasteiger partial charge in [0.25, 0.3) is 0 Å². The van der Waals surface area contributed by atoms with E-state index >= 15 is 0 Å². The Hall–Kier alpha value is -2.18. The van der Waals surface area contributed by atoms with E-state index in [1.165, 1.54) is 0 Å². The third kappa shape index (κ3) is 3.52. The Morgan fingerprint density at radius 2 is 1.96 bits per heavy atom. The Bertz CT molecular complexity index is 753. The first-order chi connectivity index (χ1) is 12.7. The van der Waals surface area contributed by atoms with E-state index < -0.39 is 6.10 Å². The molecule has 2 aliphatic rings. The summed E-state index contributed by atoms with van der Waals surface area (Å²) in [5.41, 5.74) is 2.47. The molecule has 138 valence electrons. The second kappa shape index (κ2) is 7.60. The number of amides is 1. The molecule has 0 bridgehead atoms. The summed E-state index contributed by atoms with van der Waals surface area (Å²) < 4.78 is 7.32. The Kier molecular flexibility index (Phi) is 5.04. The number of benzene rings is 1. The van der Waals surface area contributed by atoms with Crippen LogP contribution in [0.2, 0.25) is 0 Å². The van der Waals surface area contributed by atoms with E-state index in [0.717, 1.165) is 43.6 Å². The van der Waals surface area contributed by atoms with Gasteiger partial charge in [-0.05, 0) is 30.9 Å². The molecular weight excluding hydrogens is 330 g/mol. The average Bonchev–Trinajstić information content (AvgIpc) is 2.99. The van der Waals surface area contributed by atoms with Crippen molar-refractivity contribution in [3.05, 3.63) is 53.3 Å². The van der Waals surface area contributed by atoms with Gasteiger partial charge < -0.3 is 14.7 Å². The van der Waals surface area contributed by atoms with Gasteiger partial charge in [-0.15, -0.1) is 0 Å². The van der Waals surface area contributed by atoms with E-state index in [-0.39, 0.29) is 11.8 Å². The lowest BCUT2D eigenvalue weighted by Crippen LogP contribution is -2.38. The largest absolute Gasteiger partial charge is 0.382 e. The van der Waals surface area contributed by atoms with Crippen LogP contribution in [0.3, 0.4) is 0 Å². The molecule has 4 rings (SSSR count). The van der Waals surface area contributed by atoms with Gasteiger partial charge >= 0.3 is 0 Å². The number of fused-ring (bicyclic) bond motifs is 1. The molecule has 1 aromatic heterocycles. The molecule has 0 aliphatic carbocycles. The van der Waals surface area contributed by atoms with Crippen molar-refractivity contribution in [1.82, 2.24) is 14.7 Å². The number of aliphatic hydroxyl groups excluding tert-OH is 1. The minimum absolute atomic E-state index is 0.0765. The van der Waals surface area contributed by atoms with Crippen LogP contribution in [-0.4, -0.2) is 45.5 Å². The number of nitrogens with zero attached hydrogens (tertiary/aromatic N) is 3. The number of carbonyl (C=O) groups excluding carboxylic acids is 1. The monoisotopic (exact) mass is 355 g/mol. The van der Waals surface area contributed by atoms with E-state index in [9.17, 15) is 9.90 Å². The molecule has 0 unspecified atom stereocenters. The molecule has 1 fully saturated rings. The molecule has 1 aromatic carbocycles. The smallest absolute Gasteiger partial charge is 0.226 e. The predicted octanol–water partition coefficient (Wildman–Crippen LogP) is 2.12. The lowest BCUT2D eigenvalue weighted by Gasteiger charge is -2.28. The summed E-state index contributed by atoms with van der Waals surface area (Å²) in [4.78, 5) is 14.8. The number of ether oxygens (including phenoxy) is 1. The SMILES string of the molecule is O=C(C1CCOCC1)N1CCCn2nc([C@@H](O)c3ccccc3)cc2C1. The first-order valence-corrected chi connectivity index (χ1v) is 9.38. The molecule has 2 aromatic rings. The Morgan fingerprint density at radius 1 is 1.19 bits per heavy atom. The summed E-state index contributed by atoms with van der Waals surface area (Å²) in [6.07, 6.45) is 1.76. The fourth-order valence-electron chi connectivity index (χ4n) is 3.82. The predicted molar refractivity (Wildman–Crippen MR) is 96.3 cm³/mol. The normalized spacial score (nSPS) is 19.7. The second-order valence-electron chi connectivity index (χ2n) is 7.10. The number of hydrogen-bond acceptors (Lipinski definition) is 4. The van der Waals surface area contributed by atoms with Gasteiger partial charge in [0.05, 0.1) is 17.9 Å². The number of aliphatic hydroxyl groups is 1. The molecule has 1 saturated heterocycles. The van der Waals surface area contributed by atoms with Crippen LogP contribution in [0.5, 0.6) is 0 Å². The molecule has 0 saturated carbocycles. The maximum Gasteiger partial charge on any atom is 0.226 e. The number of carbonyl (C=O) groups is 1. The maximum atomic E-state index is 12.9. The van der Waals surface area contributed by atoms with Crippen molar-refractivity contribution in [2.45, 2.75) is 38.5 Å². The average molecular weight is 355 g/mol. The summed E-state index contributed by atoms with van der Waals surface area (Å²) in [7, 11) is 0. The molecule has 6 nitrogen and oxygen atoms in total. The standard InChI is InChI=1S/C20H25N3O3/c24-19(15-5-2-1-3-6-15)18-13-17-14-22(9-4-10-23(17)21-18)20(25)16-7-11-26-12-8-16/h1-3,5-6,13,16,19,24H,4,7-12,14H2/t19-/m0/s1. The Balaban J connectivity index is 1.51. The van der Waals surface area contributed by atoms with Gasteiger partial charge in [-0.1, -0.05) is 30.3 Å². The summed E-state index contributed by atoms with van der Waals surface area (Å²) in [6, 6.07) is 11.5. The highest BCUT2D eigenvalue weighted by molar-refractivity contribution is 5.79. The van der Waals surface area contributed by atoms with E-state index in [1.807, 2.05) is 46.0 Å². The van der Waals surface area contributed by atoms with Crippen molar-refractivity contribution >= 4 is 5.91 Å². The molecule has 3 heterocycles. The summed E-state index contributed by atoms with van der Waals surface area (Å²) in [5.74, 6) is 0.306. The highest BCUT2D eigenvalue weighted by Crippen LogP contribution is 2.25. The van der Waals surface area contributed by atoms with E-state index in [2.05, 4.69) is 5.10 Å². The third-order valence-corrected chi connectivity index (χ3v) is 5.31. The maximum absolute atomic E-state index is 12.9. The number of aromatic nitrogens is 2. The van der Waals surface area contributed by atoms with Crippen LogP contribution in [0.15, 0.2) is 36.4 Å². The van der Waals surface area contributed by atoms with Crippen LogP contribution in [0.1, 0.15) is 42.3 Å². The molecule has 6 heteroatoms.